The molecule has 5 rings (SSSR count). The maximum atomic E-state index is 13.9. The van der Waals surface area contributed by atoms with Crippen molar-refractivity contribution in [2.75, 3.05) is 5.32 Å². The molecule has 0 radical (unpaired) electrons. The molecule has 0 unspecified atom stereocenters. The van der Waals surface area contributed by atoms with Crippen molar-refractivity contribution in [2.24, 2.45) is 0 Å². The van der Waals surface area contributed by atoms with E-state index in [1.54, 1.807) is 48.8 Å². The fourth-order valence-electron chi connectivity index (χ4n) is 3.55. The van der Waals surface area contributed by atoms with E-state index in [0.29, 0.717) is 27.9 Å². The molecule has 0 aliphatic carbocycles. The summed E-state index contributed by atoms with van der Waals surface area (Å²) in [4.78, 5) is 33.9. The lowest BCUT2D eigenvalue weighted by Gasteiger charge is -2.12. The molecule has 0 saturated heterocycles. The van der Waals surface area contributed by atoms with Crippen molar-refractivity contribution >= 4 is 22.5 Å². The summed E-state index contributed by atoms with van der Waals surface area (Å²) in [5.74, 6) is -1.74. The van der Waals surface area contributed by atoms with Crippen LogP contribution >= 0.6 is 0 Å². The van der Waals surface area contributed by atoms with Gasteiger partial charge in [-0.1, -0.05) is 23.4 Å². The Kier molecular flexibility index (Phi) is 5.38. The molecule has 0 bridgehead atoms. The summed E-state index contributed by atoms with van der Waals surface area (Å²) in [7, 11) is 0. The molecule has 2 aromatic carbocycles. The van der Waals surface area contributed by atoms with Gasteiger partial charge >= 0.3 is 0 Å². The molecule has 0 fully saturated rings. The van der Waals surface area contributed by atoms with E-state index >= 15 is 0 Å². The minimum atomic E-state index is -0.789. The zero-order valence-corrected chi connectivity index (χ0v) is 17.4. The first-order valence-electron chi connectivity index (χ1n) is 10.1. The highest BCUT2D eigenvalue weighted by Gasteiger charge is 2.18. The third-order valence-corrected chi connectivity index (χ3v) is 5.10. The van der Waals surface area contributed by atoms with Crippen molar-refractivity contribution in [1.82, 2.24) is 19.7 Å². The van der Waals surface area contributed by atoms with E-state index in [1.165, 1.54) is 10.6 Å². The number of halogens is 2. The smallest absolute Gasteiger partial charge is 0.259 e. The number of carbonyl (C=O) groups excluding carboxylic acids is 1. The van der Waals surface area contributed by atoms with Crippen LogP contribution in [-0.4, -0.2) is 25.6 Å². The number of rotatable bonds is 5. The van der Waals surface area contributed by atoms with Gasteiger partial charge < -0.3 is 9.84 Å². The van der Waals surface area contributed by atoms with E-state index in [2.05, 4.69) is 20.4 Å². The van der Waals surface area contributed by atoms with E-state index < -0.39 is 29.6 Å². The predicted molar refractivity (Wildman–Crippen MR) is 120 cm³/mol. The van der Waals surface area contributed by atoms with Crippen molar-refractivity contribution in [2.45, 2.75) is 6.54 Å². The number of hydrogen-bond acceptors (Lipinski definition) is 6. The van der Waals surface area contributed by atoms with Crippen LogP contribution in [0.5, 0.6) is 0 Å². The van der Waals surface area contributed by atoms with Gasteiger partial charge in [0, 0.05) is 35.5 Å². The molecule has 1 amide bonds. The van der Waals surface area contributed by atoms with Crippen molar-refractivity contribution in [3.63, 3.8) is 0 Å². The summed E-state index contributed by atoms with van der Waals surface area (Å²) in [6.07, 6.45) is 3.21. The molecule has 0 saturated carbocycles. The number of para-hydroxylation sites is 1. The Morgan fingerprint density at radius 2 is 1.91 bits per heavy atom. The summed E-state index contributed by atoms with van der Waals surface area (Å²) >= 11 is 0. The van der Waals surface area contributed by atoms with Gasteiger partial charge in [-0.2, -0.15) is 4.98 Å². The largest absolute Gasteiger partial charge is 0.334 e. The number of hydrogen-bond donors (Lipinski definition) is 1. The van der Waals surface area contributed by atoms with Gasteiger partial charge in [0.15, 0.2) is 0 Å². The first-order chi connectivity index (χ1) is 16.5. The second-order valence-corrected chi connectivity index (χ2v) is 7.34. The van der Waals surface area contributed by atoms with Gasteiger partial charge in [-0.25, -0.2) is 8.78 Å². The van der Waals surface area contributed by atoms with Crippen LogP contribution in [0.4, 0.5) is 14.5 Å². The van der Waals surface area contributed by atoms with E-state index in [9.17, 15) is 18.4 Å². The highest BCUT2D eigenvalue weighted by molar-refractivity contribution is 5.95. The number of pyridine rings is 2. The molecule has 3 aromatic heterocycles. The number of aromatic nitrogens is 4. The fourth-order valence-corrected chi connectivity index (χ4v) is 3.55. The summed E-state index contributed by atoms with van der Waals surface area (Å²) in [6.45, 7) is -0.416. The highest BCUT2D eigenvalue weighted by Crippen LogP contribution is 2.28. The Morgan fingerprint density at radius 1 is 1.06 bits per heavy atom. The van der Waals surface area contributed by atoms with Crippen molar-refractivity contribution in [1.29, 1.82) is 0 Å². The summed E-state index contributed by atoms with van der Waals surface area (Å²) in [5.41, 5.74) is 0.658. The van der Waals surface area contributed by atoms with Crippen LogP contribution in [0.15, 0.2) is 82.4 Å². The Bertz CT molecular complexity index is 1580. The zero-order chi connectivity index (χ0) is 23.7. The lowest BCUT2D eigenvalue weighted by atomic mass is 10.1. The van der Waals surface area contributed by atoms with Gasteiger partial charge in [-0.15, -0.1) is 0 Å². The molecule has 8 nitrogen and oxygen atoms in total. The van der Waals surface area contributed by atoms with E-state index in [4.69, 9.17) is 4.52 Å². The van der Waals surface area contributed by atoms with Crippen molar-refractivity contribution in [3.8, 4) is 22.8 Å². The number of nitrogens with zero attached hydrogens (tertiary/aromatic N) is 4. The molecule has 0 aliphatic heterocycles. The van der Waals surface area contributed by atoms with Crippen LogP contribution in [-0.2, 0) is 11.3 Å². The summed E-state index contributed by atoms with van der Waals surface area (Å²) in [5, 5.41) is 6.86. The molecule has 34 heavy (non-hydrogen) atoms. The number of carbonyl (C=O) groups is 1. The maximum absolute atomic E-state index is 13.9. The maximum Gasteiger partial charge on any atom is 0.259 e. The van der Waals surface area contributed by atoms with Gasteiger partial charge in [0.25, 0.3) is 11.4 Å². The second kappa shape index (κ2) is 8.66. The third-order valence-electron chi connectivity index (χ3n) is 5.10. The molecule has 1 N–H and O–H groups in total. The second-order valence-electron chi connectivity index (χ2n) is 7.34. The molecule has 168 valence electrons. The molecule has 0 atom stereocenters. The fraction of sp³-hybridized carbons (Fsp3) is 0.0417. The van der Waals surface area contributed by atoms with Gasteiger partial charge in [0.2, 0.25) is 11.7 Å². The highest BCUT2D eigenvalue weighted by atomic mass is 19.1. The number of benzene rings is 2. The number of fused-ring (bicyclic) bond motifs is 1. The van der Waals surface area contributed by atoms with Crippen molar-refractivity contribution in [3.05, 3.63) is 95.0 Å². The number of nitrogens with one attached hydrogen (secondary N) is 1. The molecule has 0 aliphatic rings. The average Bonchev–Trinajstić information content (AvgIpc) is 3.34. The zero-order valence-electron chi connectivity index (χ0n) is 17.4. The predicted octanol–water partition coefficient (Wildman–Crippen LogP) is 4.03. The normalized spacial score (nSPS) is 11.0. The number of anilines is 1. The molecule has 3 heterocycles. The standard InChI is InChI=1S/C24H15F2N5O3/c25-15-7-8-18(26)19(10-15)28-21(32)13-31-20-6-2-1-5-16(20)17(11-22(31)33)24-29-23(30-34-24)14-4-3-9-27-12-14/h1-12H,13H2,(H,28,32). The first-order valence-corrected chi connectivity index (χ1v) is 10.1. The Morgan fingerprint density at radius 3 is 2.74 bits per heavy atom. The lowest BCUT2D eigenvalue weighted by Crippen LogP contribution is -2.28. The Hall–Kier alpha value is -4.73. The Labute approximate surface area is 190 Å². The first kappa shape index (κ1) is 21.1. The van der Waals surface area contributed by atoms with Gasteiger partial charge in [0.1, 0.15) is 18.2 Å². The van der Waals surface area contributed by atoms with Crippen LogP contribution in [0.25, 0.3) is 33.7 Å². The van der Waals surface area contributed by atoms with Gasteiger partial charge in [-0.05, 0) is 30.3 Å². The third kappa shape index (κ3) is 4.04. The van der Waals surface area contributed by atoms with Crippen LogP contribution in [0.3, 0.4) is 0 Å². The van der Waals surface area contributed by atoms with Crippen molar-refractivity contribution < 1.29 is 18.1 Å². The minimum Gasteiger partial charge on any atom is -0.334 e. The van der Waals surface area contributed by atoms with Crippen LogP contribution in [0.2, 0.25) is 0 Å². The monoisotopic (exact) mass is 459 g/mol. The molecule has 5 aromatic rings. The minimum absolute atomic E-state index is 0.130. The van der Waals surface area contributed by atoms with E-state index in [-0.39, 0.29) is 11.6 Å². The van der Waals surface area contributed by atoms with Crippen LogP contribution in [0.1, 0.15) is 0 Å². The number of amides is 1. The van der Waals surface area contributed by atoms with Crippen LogP contribution < -0.4 is 10.9 Å². The van der Waals surface area contributed by atoms with Gasteiger partial charge in [-0.3, -0.25) is 19.1 Å². The van der Waals surface area contributed by atoms with Gasteiger partial charge in [0.05, 0.1) is 16.8 Å². The summed E-state index contributed by atoms with van der Waals surface area (Å²) < 4.78 is 33.9. The topological polar surface area (TPSA) is 103 Å². The quantitative estimate of drug-likeness (QED) is 0.426. The van der Waals surface area contributed by atoms with Crippen LogP contribution in [0, 0.1) is 11.6 Å². The van der Waals surface area contributed by atoms with E-state index in [1.807, 2.05) is 0 Å². The molecular weight excluding hydrogens is 444 g/mol. The SMILES string of the molecule is O=C(Cn1c(=O)cc(-c2nc(-c3cccnc3)no2)c2ccccc21)Nc1cc(F)ccc1F. The molecular formula is C24H15F2N5O3. The Balaban J connectivity index is 1.51. The summed E-state index contributed by atoms with van der Waals surface area (Å²) in [6, 6.07) is 14.4. The molecule has 10 heteroatoms. The average molecular weight is 459 g/mol. The lowest BCUT2D eigenvalue weighted by molar-refractivity contribution is -0.116. The molecule has 0 spiro atoms. The van der Waals surface area contributed by atoms with E-state index in [0.717, 1.165) is 18.2 Å².